The average molecular weight is 353 g/mol. The van der Waals surface area contributed by atoms with Gasteiger partial charge >= 0.3 is 0 Å². The molecule has 1 fully saturated rings. The van der Waals surface area contributed by atoms with Crippen molar-refractivity contribution in [2.45, 2.75) is 30.4 Å². The Bertz CT molecular complexity index is 501. The Balaban J connectivity index is 1.97. The number of sulfonamides is 1. The van der Waals surface area contributed by atoms with Crippen molar-refractivity contribution in [3.63, 3.8) is 0 Å². The van der Waals surface area contributed by atoms with Crippen LogP contribution in [-0.2, 0) is 10.0 Å². The minimum absolute atomic E-state index is 0.313. The minimum atomic E-state index is -3.37. The van der Waals surface area contributed by atoms with Gasteiger partial charge in [-0.1, -0.05) is 22.4 Å². The summed E-state index contributed by atoms with van der Waals surface area (Å²) in [5, 5.41) is 1.73. The fourth-order valence-electron chi connectivity index (χ4n) is 2.34. The van der Waals surface area contributed by atoms with Gasteiger partial charge in [0, 0.05) is 11.9 Å². The number of nitrogens with zero attached hydrogens (tertiary/aromatic N) is 1. The van der Waals surface area contributed by atoms with E-state index in [1.165, 1.54) is 30.4 Å². The molecule has 1 aromatic heterocycles. The molecule has 1 saturated carbocycles. The third-order valence-corrected chi connectivity index (χ3v) is 7.04. The zero-order chi connectivity index (χ0) is 13.2. The molecule has 4 nitrogen and oxygen atoms in total. The molecule has 0 spiro atoms. The predicted molar refractivity (Wildman–Crippen MR) is 76.7 cm³/mol. The monoisotopic (exact) mass is 352 g/mol. The third-order valence-electron chi connectivity index (χ3n) is 3.42. The topological polar surface area (TPSA) is 59.1 Å². The lowest BCUT2D eigenvalue weighted by atomic mass is 9.99. The van der Waals surface area contributed by atoms with Crippen LogP contribution in [0.15, 0.2) is 10.4 Å². The first-order valence-electron chi connectivity index (χ1n) is 6.01. The van der Waals surface area contributed by atoms with Crippen LogP contribution in [0.3, 0.4) is 0 Å². The normalized spacial score (nSPS) is 24.6. The Morgan fingerprint density at radius 1 is 1.50 bits per heavy atom. The van der Waals surface area contributed by atoms with Gasteiger partial charge < -0.3 is 0 Å². The highest BCUT2D eigenvalue weighted by molar-refractivity contribution is 9.09. The van der Waals surface area contributed by atoms with Crippen LogP contribution in [0.5, 0.6) is 0 Å². The van der Waals surface area contributed by atoms with E-state index in [1.54, 1.807) is 0 Å². The molecular formula is C11H17BrN2O2S2. The molecule has 0 aromatic carbocycles. The first kappa shape index (κ1) is 14.4. The Kier molecular flexibility index (Phi) is 4.80. The second-order valence-corrected chi connectivity index (χ2v) is 8.53. The number of rotatable bonds is 5. The Morgan fingerprint density at radius 2 is 2.22 bits per heavy atom. The van der Waals surface area contributed by atoms with Crippen molar-refractivity contribution in [2.24, 2.45) is 11.8 Å². The molecule has 0 amide bonds. The summed E-state index contributed by atoms with van der Waals surface area (Å²) in [6, 6.07) is 0. The van der Waals surface area contributed by atoms with E-state index in [0.29, 0.717) is 22.6 Å². The van der Waals surface area contributed by atoms with Crippen molar-refractivity contribution in [1.29, 1.82) is 0 Å². The largest absolute Gasteiger partial charge is 0.251 e. The van der Waals surface area contributed by atoms with Gasteiger partial charge in [-0.3, -0.25) is 0 Å². The van der Waals surface area contributed by atoms with Gasteiger partial charge in [0.05, 0.1) is 11.2 Å². The molecule has 2 rings (SSSR count). The maximum atomic E-state index is 12.0. The van der Waals surface area contributed by atoms with Gasteiger partial charge in [0.1, 0.15) is 0 Å². The molecule has 1 aliphatic carbocycles. The lowest BCUT2D eigenvalue weighted by Crippen LogP contribution is -2.30. The fraction of sp³-hybridized carbons (Fsp3) is 0.727. The molecule has 0 radical (unpaired) electrons. The number of aromatic nitrogens is 1. The molecule has 1 N–H and O–H groups in total. The Hall–Kier alpha value is 0.0200. The van der Waals surface area contributed by atoms with Gasteiger partial charge in [0.25, 0.3) is 10.0 Å². The molecule has 1 aliphatic rings. The molecule has 18 heavy (non-hydrogen) atoms. The minimum Gasteiger partial charge on any atom is -0.249 e. The Labute approximate surface area is 120 Å². The van der Waals surface area contributed by atoms with E-state index in [0.717, 1.165) is 16.8 Å². The number of hydrogen-bond donors (Lipinski definition) is 1. The molecule has 2 unspecified atom stereocenters. The molecule has 0 saturated heterocycles. The molecule has 1 aromatic rings. The van der Waals surface area contributed by atoms with Gasteiger partial charge in [-0.2, -0.15) is 0 Å². The number of hydrogen-bond acceptors (Lipinski definition) is 4. The Morgan fingerprint density at radius 3 is 2.83 bits per heavy atom. The van der Waals surface area contributed by atoms with Crippen LogP contribution in [0.1, 0.15) is 24.3 Å². The molecular weight excluding hydrogens is 336 g/mol. The summed E-state index contributed by atoms with van der Waals surface area (Å²) in [5.74, 6) is 1.05. The van der Waals surface area contributed by atoms with E-state index in [9.17, 15) is 8.42 Å². The highest BCUT2D eigenvalue weighted by atomic mass is 79.9. The zero-order valence-electron chi connectivity index (χ0n) is 10.2. The number of aryl methyl sites for hydroxylation is 1. The van der Waals surface area contributed by atoms with Crippen LogP contribution < -0.4 is 4.72 Å². The van der Waals surface area contributed by atoms with E-state index >= 15 is 0 Å². The van der Waals surface area contributed by atoms with Crippen LogP contribution in [0.25, 0.3) is 0 Å². The lowest BCUT2D eigenvalue weighted by molar-refractivity contribution is 0.422. The van der Waals surface area contributed by atoms with Gasteiger partial charge in [-0.15, -0.1) is 11.3 Å². The van der Waals surface area contributed by atoms with E-state index in [2.05, 4.69) is 25.6 Å². The van der Waals surface area contributed by atoms with Crippen LogP contribution in [0, 0.1) is 18.8 Å². The smallest absolute Gasteiger partial charge is 0.249 e. The first-order chi connectivity index (χ1) is 8.53. The first-order valence-corrected chi connectivity index (χ1v) is 9.43. The number of halogens is 1. The fourth-order valence-corrected chi connectivity index (χ4v) is 5.44. The average Bonchev–Trinajstić information content (AvgIpc) is 2.94. The predicted octanol–water partition coefficient (Wildman–Crippen LogP) is 2.54. The lowest BCUT2D eigenvalue weighted by Gasteiger charge is -2.17. The van der Waals surface area contributed by atoms with Crippen LogP contribution in [-0.4, -0.2) is 25.3 Å². The molecule has 1 heterocycles. The molecule has 102 valence electrons. The van der Waals surface area contributed by atoms with Gasteiger partial charge in [0.2, 0.25) is 0 Å². The van der Waals surface area contributed by atoms with Crippen molar-refractivity contribution in [1.82, 2.24) is 9.71 Å². The van der Waals surface area contributed by atoms with Crippen molar-refractivity contribution in [3.05, 3.63) is 11.2 Å². The highest BCUT2D eigenvalue weighted by Crippen LogP contribution is 2.32. The van der Waals surface area contributed by atoms with Crippen molar-refractivity contribution >= 4 is 37.3 Å². The summed E-state index contributed by atoms with van der Waals surface area (Å²) < 4.78 is 27.1. The molecule has 0 aliphatic heterocycles. The van der Waals surface area contributed by atoms with Gasteiger partial charge in [0.15, 0.2) is 4.21 Å². The second kappa shape index (κ2) is 5.98. The van der Waals surface area contributed by atoms with E-state index < -0.39 is 10.0 Å². The third kappa shape index (κ3) is 3.31. The highest BCUT2D eigenvalue weighted by Gasteiger charge is 2.28. The zero-order valence-corrected chi connectivity index (χ0v) is 13.4. The SMILES string of the molecule is Cc1ncc(S(=O)(=O)NCC2CCCC2CBr)s1. The molecule has 2 atom stereocenters. The molecule has 0 bridgehead atoms. The number of alkyl halides is 1. The van der Waals surface area contributed by atoms with Crippen molar-refractivity contribution < 1.29 is 8.42 Å². The standard InChI is InChI=1S/C11H17BrN2O2S2/c1-8-13-7-11(17-8)18(15,16)14-6-10-4-2-3-9(10)5-12/h7,9-10,14H,2-6H2,1H3. The summed E-state index contributed by atoms with van der Waals surface area (Å²) >= 11 is 4.71. The summed E-state index contributed by atoms with van der Waals surface area (Å²) in [6.07, 6.45) is 4.93. The number of nitrogens with one attached hydrogen (secondary N) is 1. The maximum Gasteiger partial charge on any atom is 0.251 e. The van der Waals surface area contributed by atoms with Crippen LogP contribution in [0.2, 0.25) is 0 Å². The van der Waals surface area contributed by atoms with Gasteiger partial charge in [-0.05, 0) is 31.6 Å². The van der Waals surface area contributed by atoms with E-state index in [1.807, 2.05) is 6.92 Å². The van der Waals surface area contributed by atoms with E-state index in [4.69, 9.17) is 0 Å². The van der Waals surface area contributed by atoms with Crippen molar-refractivity contribution in [3.8, 4) is 0 Å². The van der Waals surface area contributed by atoms with Gasteiger partial charge in [-0.25, -0.2) is 18.1 Å². The number of thiazole rings is 1. The summed E-state index contributed by atoms with van der Waals surface area (Å²) in [5.41, 5.74) is 0. The summed E-state index contributed by atoms with van der Waals surface area (Å²) in [6.45, 7) is 2.34. The van der Waals surface area contributed by atoms with Crippen molar-refractivity contribution in [2.75, 3.05) is 11.9 Å². The van der Waals surface area contributed by atoms with E-state index in [-0.39, 0.29) is 0 Å². The maximum absolute atomic E-state index is 12.0. The summed E-state index contributed by atoms with van der Waals surface area (Å²) in [4.78, 5) is 3.99. The quantitative estimate of drug-likeness (QED) is 0.828. The summed E-state index contributed by atoms with van der Waals surface area (Å²) in [7, 11) is -3.37. The molecule has 7 heteroatoms. The second-order valence-electron chi connectivity index (χ2n) is 4.66. The van der Waals surface area contributed by atoms with Crippen LogP contribution >= 0.6 is 27.3 Å². The van der Waals surface area contributed by atoms with Crippen LogP contribution in [0.4, 0.5) is 0 Å².